The van der Waals surface area contributed by atoms with Crippen LogP contribution in [0.3, 0.4) is 0 Å². The third kappa shape index (κ3) is 4.21. The van der Waals surface area contributed by atoms with Gasteiger partial charge in [0, 0.05) is 12.2 Å². The maximum atomic E-state index is 12.3. The van der Waals surface area contributed by atoms with Crippen molar-refractivity contribution in [3.63, 3.8) is 0 Å². The molecule has 2 amide bonds. The molecule has 1 aliphatic rings. The van der Waals surface area contributed by atoms with E-state index in [0.29, 0.717) is 13.0 Å². The van der Waals surface area contributed by atoms with Crippen molar-refractivity contribution >= 4 is 17.7 Å². The maximum Gasteiger partial charge on any atom is 0.329 e. The van der Waals surface area contributed by atoms with Crippen LogP contribution in [0.5, 0.6) is 0 Å². The topological polar surface area (TPSA) is 58.6 Å². The van der Waals surface area contributed by atoms with Gasteiger partial charge < -0.3 is 15.0 Å². The van der Waals surface area contributed by atoms with Gasteiger partial charge in [0.2, 0.25) is 0 Å². The van der Waals surface area contributed by atoms with Crippen molar-refractivity contribution in [2.75, 3.05) is 11.9 Å². The van der Waals surface area contributed by atoms with Gasteiger partial charge in [0.1, 0.15) is 11.6 Å². The highest BCUT2D eigenvalue weighted by Crippen LogP contribution is 2.22. The molecule has 5 heteroatoms. The lowest BCUT2D eigenvalue weighted by atomic mass is 10.1. The molecule has 0 radical (unpaired) electrons. The van der Waals surface area contributed by atoms with Gasteiger partial charge in [-0.15, -0.1) is 0 Å². The number of likely N-dealkylation sites (tertiary alicyclic amines) is 1. The van der Waals surface area contributed by atoms with Gasteiger partial charge in [-0.3, -0.25) is 0 Å². The zero-order chi connectivity index (χ0) is 15.5. The second-order valence-electron chi connectivity index (χ2n) is 6.18. The van der Waals surface area contributed by atoms with Crippen molar-refractivity contribution in [2.45, 2.75) is 45.3 Å². The molecule has 0 spiro atoms. The Bertz CT molecular complexity index is 508. The molecule has 1 aromatic rings. The number of esters is 1. The zero-order valence-corrected chi connectivity index (χ0v) is 12.8. The Morgan fingerprint density at radius 3 is 2.52 bits per heavy atom. The molecule has 1 fully saturated rings. The van der Waals surface area contributed by atoms with E-state index in [4.69, 9.17) is 4.74 Å². The van der Waals surface area contributed by atoms with E-state index < -0.39 is 11.6 Å². The first-order valence-corrected chi connectivity index (χ1v) is 7.22. The summed E-state index contributed by atoms with van der Waals surface area (Å²) in [4.78, 5) is 26.0. The maximum absolute atomic E-state index is 12.3. The Balaban J connectivity index is 2.01. The third-order valence-electron chi connectivity index (χ3n) is 3.22. The summed E-state index contributed by atoms with van der Waals surface area (Å²) in [6.07, 6.45) is 1.46. The monoisotopic (exact) mass is 290 g/mol. The Labute approximate surface area is 125 Å². The van der Waals surface area contributed by atoms with Gasteiger partial charge in [-0.2, -0.15) is 0 Å². The quantitative estimate of drug-likeness (QED) is 0.852. The van der Waals surface area contributed by atoms with Crippen LogP contribution in [0.1, 0.15) is 33.6 Å². The number of hydrogen-bond donors (Lipinski definition) is 1. The summed E-state index contributed by atoms with van der Waals surface area (Å²) in [5.74, 6) is -0.330. The van der Waals surface area contributed by atoms with Crippen molar-refractivity contribution in [3.8, 4) is 0 Å². The SMILES string of the molecule is CC(C)(C)OC(=O)[C@@H]1CCCN1C(=O)Nc1ccccc1. The highest BCUT2D eigenvalue weighted by atomic mass is 16.6. The molecule has 1 aliphatic heterocycles. The average Bonchev–Trinajstić information content (AvgIpc) is 2.87. The molecule has 5 nitrogen and oxygen atoms in total. The molecular weight excluding hydrogens is 268 g/mol. The Morgan fingerprint density at radius 1 is 1.24 bits per heavy atom. The molecule has 1 aromatic carbocycles. The Morgan fingerprint density at radius 2 is 1.90 bits per heavy atom. The average molecular weight is 290 g/mol. The van der Waals surface area contributed by atoms with E-state index in [1.165, 1.54) is 0 Å². The number of ether oxygens (including phenoxy) is 1. The van der Waals surface area contributed by atoms with Crippen LogP contribution in [0.2, 0.25) is 0 Å². The highest BCUT2D eigenvalue weighted by molar-refractivity contribution is 5.93. The first-order chi connectivity index (χ1) is 9.87. The van der Waals surface area contributed by atoms with Crippen molar-refractivity contribution in [2.24, 2.45) is 0 Å². The van der Waals surface area contributed by atoms with Gasteiger partial charge in [0.15, 0.2) is 0 Å². The number of carbonyl (C=O) groups is 2. The minimum atomic E-state index is -0.540. The second kappa shape index (κ2) is 6.16. The van der Waals surface area contributed by atoms with Crippen LogP contribution >= 0.6 is 0 Å². The molecule has 0 bridgehead atoms. The highest BCUT2D eigenvalue weighted by Gasteiger charge is 2.36. The van der Waals surface area contributed by atoms with Crippen LogP contribution in [0.15, 0.2) is 30.3 Å². The van der Waals surface area contributed by atoms with Crippen LogP contribution < -0.4 is 5.32 Å². The number of nitrogens with zero attached hydrogens (tertiary/aromatic N) is 1. The zero-order valence-electron chi connectivity index (χ0n) is 12.8. The number of carbonyl (C=O) groups excluding carboxylic acids is 2. The summed E-state index contributed by atoms with van der Waals surface area (Å²) >= 11 is 0. The van der Waals surface area contributed by atoms with Crippen LogP contribution in [-0.4, -0.2) is 35.1 Å². The predicted octanol–water partition coefficient (Wildman–Crippen LogP) is 3.02. The van der Waals surface area contributed by atoms with E-state index >= 15 is 0 Å². The number of para-hydroxylation sites is 1. The Hall–Kier alpha value is -2.04. The molecule has 1 atom stereocenters. The van der Waals surface area contributed by atoms with Crippen molar-refractivity contribution < 1.29 is 14.3 Å². The van der Waals surface area contributed by atoms with Crippen molar-refractivity contribution in [3.05, 3.63) is 30.3 Å². The fourth-order valence-electron chi connectivity index (χ4n) is 2.34. The molecule has 1 N–H and O–H groups in total. The van der Waals surface area contributed by atoms with Gasteiger partial charge >= 0.3 is 12.0 Å². The second-order valence-corrected chi connectivity index (χ2v) is 6.18. The molecule has 0 aromatic heterocycles. The van der Waals surface area contributed by atoms with Crippen molar-refractivity contribution in [1.29, 1.82) is 0 Å². The number of urea groups is 1. The standard InChI is InChI=1S/C16H22N2O3/c1-16(2,3)21-14(19)13-10-7-11-18(13)15(20)17-12-8-5-4-6-9-12/h4-6,8-9,13H,7,10-11H2,1-3H3,(H,17,20)/t13-/m0/s1. The number of rotatable bonds is 2. The minimum absolute atomic E-state index is 0.255. The molecule has 0 unspecified atom stereocenters. The van der Waals surface area contributed by atoms with Gasteiger partial charge in [-0.25, -0.2) is 9.59 Å². The molecule has 2 rings (SSSR count). The summed E-state index contributed by atoms with van der Waals surface area (Å²) in [6, 6.07) is 8.47. The summed E-state index contributed by atoms with van der Waals surface area (Å²) in [5.41, 5.74) is 0.179. The lowest BCUT2D eigenvalue weighted by molar-refractivity contribution is -0.159. The first kappa shape index (κ1) is 15.4. The van der Waals surface area contributed by atoms with E-state index in [9.17, 15) is 9.59 Å². The number of hydrogen-bond acceptors (Lipinski definition) is 3. The minimum Gasteiger partial charge on any atom is -0.458 e. The van der Waals surface area contributed by atoms with Crippen LogP contribution in [0.4, 0.5) is 10.5 Å². The molecule has 21 heavy (non-hydrogen) atoms. The molecule has 1 heterocycles. The molecule has 114 valence electrons. The lowest BCUT2D eigenvalue weighted by Gasteiger charge is -2.27. The van der Waals surface area contributed by atoms with Crippen LogP contribution in [0.25, 0.3) is 0 Å². The van der Waals surface area contributed by atoms with E-state index in [1.807, 2.05) is 51.1 Å². The lowest BCUT2D eigenvalue weighted by Crippen LogP contribution is -2.45. The molecule has 1 saturated heterocycles. The first-order valence-electron chi connectivity index (χ1n) is 7.22. The molecule has 0 saturated carbocycles. The van der Waals surface area contributed by atoms with E-state index in [0.717, 1.165) is 12.1 Å². The van der Waals surface area contributed by atoms with Crippen LogP contribution in [0, 0.1) is 0 Å². The smallest absolute Gasteiger partial charge is 0.329 e. The summed E-state index contributed by atoms with van der Waals surface area (Å²) < 4.78 is 5.39. The molecule has 0 aliphatic carbocycles. The predicted molar refractivity (Wildman–Crippen MR) is 81.0 cm³/mol. The number of anilines is 1. The van der Waals surface area contributed by atoms with Crippen LogP contribution in [-0.2, 0) is 9.53 Å². The molecular formula is C16H22N2O3. The third-order valence-corrected chi connectivity index (χ3v) is 3.22. The van der Waals surface area contributed by atoms with E-state index in [1.54, 1.807) is 4.90 Å². The van der Waals surface area contributed by atoms with Gasteiger partial charge in [0.05, 0.1) is 0 Å². The van der Waals surface area contributed by atoms with E-state index in [2.05, 4.69) is 5.32 Å². The van der Waals surface area contributed by atoms with Gasteiger partial charge in [-0.1, -0.05) is 18.2 Å². The van der Waals surface area contributed by atoms with Gasteiger partial charge in [0.25, 0.3) is 0 Å². The van der Waals surface area contributed by atoms with Crippen molar-refractivity contribution in [1.82, 2.24) is 4.90 Å². The largest absolute Gasteiger partial charge is 0.458 e. The number of nitrogens with one attached hydrogen (secondary N) is 1. The normalized spacial score (nSPS) is 18.4. The van der Waals surface area contributed by atoms with Gasteiger partial charge in [-0.05, 0) is 45.7 Å². The summed E-state index contributed by atoms with van der Waals surface area (Å²) in [5, 5.41) is 2.81. The van der Waals surface area contributed by atoms with E-state index in [-0.39, 0.29) is 12.0 Å². The Kier molecular flexibility index (Phi) is 4.50. The summed E-state index contributed by atoms with van der Waals surface area (Å²) in [7, 11) is 0. The number of amides is 2. The number of benzene rings is 1. The fraction of sp³-hybridized carbons (Fsp3) is 0.500. The summed E-state index contributed by atoms with van der Waals surface area (Å²) in [6.45, 7) is 6.05. The fourth-order valence-corrected chi connectivity index (χ4v) is 2.34.